The summed E-state index contributed by atoms with van der Waals surface area (Å²) in [7, 11) is 0. The van der Waals surface area contributed by atoms with Crippen LogP contribution in [0.2, 0.25) is 5.02 Å². The number of morpholine rings is 1. The molecule has 2 heterocycles. The van der Waals surface area contributed by atoms with Gasteiger partial charge in [0.1, 0.15) is 11.5 Å². The van der Waals surface area contributed by atoms with Crippen LogP contribution in [-0.4, -0.2) is 37.7 Å². The Morgan fingerprint density at radius 2 is 1.92 bits per heavy atom. The van der Waals surface area contributed by atoms with E-state index in [1.54, 1.807) is 0 Å². The first kappa shape index (κ1) is 17.5. The average Bonchev–Trinajstić information content (AvgIpc) is 3.02. The van der Waals surface area contributed by atoms with Gasteiger partial charge in [-0.2, -0.15) is 0 Å². The first-order valence-corrected chi connectivity index (χ1v) is 8.89. The number of halogens is 1. The molecule has 1 aliphatic rings. The number of hydrogen-bond acceptors (Lipinski definition) is 4. The molecule has 1 aromatic heterocycles. The van der Waals surface area contributed by atoms with Crippen molar-refractivity contribution in [3.63, 3.8) is 0 Å². The number of aryl methyl sites for hydroxylation is 1. The quantitative estimate of drug-likeness (QED) is 0.857. The smallest absolute Gasteiger partial charge is 0.122 e. The van der Waals surface area contributed by atoms with E-state index in [2.05, 4.69) is 29.3 Å². The van der Waals surface area contributed by atoms with Crippen molar-refractivity contribution in [3.05, 3.63) is 58.5 Å². The Balaban J connectivity index is 1.70. The molecule has 0 bridgehead atoms. The van der Waals surface area contributed by atoms with Crippen LogP contribution in [0.25, 0.3) is 0 Å². The number of furan rings is 1. The molecule has 1 fully saturated rings. The Hall–Kier alpha value is -1.33. The lowest BCUT2D eigenvalue weighted by molar-refractivity contribution is 0.0111. The minimum atomic E-state index is 0.179. The van der Waals surface area contributed by atoms with E-state index >= 15 is 0 Å². The van der Waals surface area contributed by atoms with E-state index in [1.165, 1.54) is 0 Å². The molecule has 2 unspecified atom stereocenters. The molecule has 0 amide bonds. The maximum Gasteiger partial charge on any atom is 0.122 e. The Morgan fingerprint density at radius 3 is 2.58 bits per heavy atom. The van der Waals surface area contributed by atoms with Gasteiger partial charge in [0.25, 0.3) is 0 Å². The summed E-state index contributed by atoms with van der Waals surface area (Å²) in [5, 5.41) is 4.42. The Bertz CT molecular complexity index is 652. The van der Waals surface area contributed by atoms with Crippen LogP contribution >= 0.6 is 11.6 Å². The number of rotatable bonds is 6. The van der Waals surface area contributed by atoms with Crippen LogP contribution in [0.15, 0.2) is 40.8 Å². The molecule has 2 atom stereocenters. The molecular weight excluding hydrogens is 324 g/mol. The highest BCUT2D eigenvalue weighted by atomic mass is 35.5. The predicted molar refractivity (Wildman–Crippen MR) is 96.4 cm³/mol. The number of nitrogens with one attached hydrogen (secondary N) is 1. The SMILES string of the molecule is Cc1ccc(C(CNC(C)c2ccccc2Cl)N2CCOCC2)o1. The lowest BCUT2D eigenvalue weighted by Crippen LogP contribution is -2.43. The molecule has 1 aliphatic heterocycles. The fraction of sp³-hybridized carbons (Fsp3) is 0.474. The fourth-order valence-corrected chi connectivity index (χ4v) is 3.46. The van der Waals surface area contributed by atoms with Crippen LogP contribution in [-0.2, 0) is 4.74 Å². The van der Waals surface area contributed by atoms with Crippen LogP contribution in [0.5, 0.6) is 0 Å². The van der Waals surface area contributed by atoms with Gasteiger partial charge >= 0.3 is 0 Å². The molecule has 3 rings (SSSR count). The highest BCUT2D eigenvalue weighted by Gasteiger charge is 2.25. The molecule has 130 valence electrons. The number of nitrogens with zero attached hydrogens (tertiary/aromatic N) is 1. The maximum atomic E-state index is 6.32. The summed E-state index contributed by atoms with van der Waals surface area (Å²) in [6.45, 7) is 8.33. The first-order chi connectivity index (χ1) is 11.6. The Morgan fingerprint density at radius 1 is 1.17 bits per heavy atom. The van der Waals surface area contributed by atoms with Crippen LogP contribution in [0, 0.1) is 6.92 Å². The van der Waals surface area contributed by atoms with E-state index in [1.807, 2.05) is 31.2 Å². The zero-order valence-corrected chi connectivity index (χ0v) is 15.1. The largest absolute Gasteiger partial charge is 0.465 e. The fourth-order valence-electron chi connectivity index (χ4n) is 3.16. The minimum Gasteiger partial charge on any atom is -0.465 e. The molecular formula is C19H25ClN2O2. The molecule has 2 aromatic rings. The van der Waals surface area contributed by atoms with Gasteiger partial charge in [0.15, 0.2) is 0 Å². The summed E-state index contributed by atoms with van der Waals surface area (Å²) in [5.41, 5.74) is 1.12. The molecule has 0 spiro atoms. The molecule has 1 aromatic carbocycles. The lowest BCUT2D eigenvalue weighted by atomic mass is 10.1. The van der Waals surface area contributed by atoms with E-state index in [0.717, 1.165) is 55.0 Å². The summed E-state index contributed by atoms with van der Waals surface area (Å²) in [5.74, 6) is 1.95. The highest BCUT2D eigenvalue weighted by Crippen LogP contribution is 2.26. The van der Waals surface area contributed by atoms with E-state index in [-0.39, 0.29) is 12.1 Å². The highest BCUT2D eigenvalue weighted by molar-refractivity contribution is 6.31. The van der Waals surface area contributed by atoms with Gasteiger partial charge in [0, 0.05) is 30.7 Å². The molecule has 0 radical (unpaired) electrons. The summed E-state index contributed by atoms with van der Waals surface area (Å²) in [4.78, 5) is 2.42. The van der Waals surface area contributed by atoms with Crippen molar-refractivity contribution >= 4 is 11.6 Å². The number of benzene rings is 1. The standard InChI is InChI=1S/C19H25ClN2O2/c1-14-7-8-19(24-14)18(22-9-11-23-12-10-22)13-21-15(2)16-5-3-4-6-17(16)20/h3-8,15,18,21H,9-13H2,1-2H3. The van der Waals surface area contributed by atoms with Gasteiger partial charge < -0.3 is 14.5 Å². The maximum absolute atomic E-state index is 6.32. The van der Waals surface area contributed by atoms with Gasteiger partial charge in [-0.15, -0.1) is 0 Å². The Kier molecular flexibility index (Phi) is 5.95. The zero-order chi connectivity index (χ0) is 16.9. The number of hydrogen-bond donors (Lipinski definition) is 1. The van der Waals surface area contributed by atoms with Gasteiger partial charge in [0.2, 0.25) is 0 Å². The van der Waals surface area contributed by atoms with Crippen molar-refractivity contribution in [2.75, 3.05) is 32.8 Å². The monoisotopic (exact) mass is 348 g/mol. The van der Waals surface area contributed by atoms with Crippen molar-refractivity contribution in [1.82, 2.24) is 10.2 Å². The molecule has 0 aliphatic carbocycles. The van der Waals surface area contributed by atoms with Crippen molar-refractivity contribution < 1.29 is 9.15 Å². The van der Waals surface area contributed by atoms with Crippen molar-refractivity contribution in [2.24, 2.45) is 0 Å². The predicted octanol–water partition coefficient (Wildman–Crippen LogP) is 3.97. The minimum absolute atomic E-state index is 0.179. The van der Waals surface area contributed by atoms with Gasteiger partial charge in [-0.1, -0.05) is 29.8 Å². The van der Waals surface area contributed by atoms with E-state index in [9.17, 15) is 0 Å². The first-order valence-electron chi connectivity index (χ1n) is 8.51. The second-order valence-electron chi connectivity index (χ2n) is 6.26. The van der Waals surface area contributed by atoms with Crippen molar-refractivity contribution in [1.29, 1.82) is 0 Å². The van der Waals surface area contributed by atoms with Crippen molar-refractivity contribution in [2.45, 2.75) is 25.9 Å². The third-order valence-electron chi connectivity index (χ3n) is 4.57. The molecule has 1 saturated heterocycles. The lowest BCUT2D eigenvalue weighted by Gasteiger charge is -2.34. The van der Waals surface area contributed by atoms with Gasteiger partial charge in [-0.05, 0) is 37.6 Å². The molecule has 4 nitrogen and oxygen atoms in total. The summed E-state index contributed by atoms with van der Waals surface area (Å²) < 4.78 is 11.4. The van der Waals surface area contributed by atoms with Crippen LogP contribution < -0.4 is 5.32 Å². The summed E-state index contributed by atoms with van der Waals surface area (Å²) >= 11 is 6.32. The molecule has 1 N–H and O–H groups in total. The molecule has 0 saturated carbocycles. The van der Waals surface area contributed by atoms with Gasteiger partial charge in [0.05, 0.1) is 19.3 Å². The second-order valence-corrected chi connectivity index (χ2v) is 6.67. The Labute approximate surface area is 148 Å². The third kappa shape index (κ3) is 4.19. The second kappa shape index (κ2) is 8.17. The van der Waals surface area contributed by atoms with E-state index < -0.39 is 0 Å². The van der Waals surface area contributed by atoms with E-state index in [4.69, 9.17) is 20.8 Å². The van der Waals surface area contributed by atoms with E-state index in [0.29, 0.717) is 0 Å². The zero-order valence-electron chi connectivity index (χ0n) is 14.3. The van der Waals surface area contributed by atoms with Crippen LogP contribution in [0.3, 0.4) is 0 Å². The summed E-state index contributed by atoms with van der Waals surface area (Å²) in [6, 6.07) is 12.5. The van der Waals surface area contributed by atoms with Crippen LogP contribution in [0.1, 0.15) is 36.1 Å². The summed E-state index contributed by atoms with van der Waals surface area (Å²) in [6.07, 6.45) is 0. The molecule has 24 heavy (non-hydrogen) atoms. The van der Waals surface area contributed by atoms with Crippen molar-refractivity contribution in [3.8, 4) is 0 Å². The molecule has 5 heteroatoms. The topological polar surface area (TPSA) is 37.6 Å². The normalized spacial score (nSPS) is 18.5. The van der Waals surface area contributed by atoms with Crippen LogP contribution in [0.4, 0.5) is 0 Å². The third-order valence-corrected chi connectivity index (χ3v) is 4.91. The number of ether oxygens (including phenoxy) is 1. The van der Waals surface area contributed by atoms with Gasteiger partial charge in [-0.25, -0.2) is 0 Å². The van der Waals surface area contributed by atoms with Gasteiger partial charge in [-0.3, -0.25) is 4.90 Å². The average molecular weight is 349 g/mol.